The zero-order chi connectivity index (χ0) is 10.7. The van der Waals surface area contributed by atoms with Crippen LogP contribution < -0.4 is 5.06 Å². The maximum absolute atomic E-state index is 10.6. The fourth-order valence-corrected chi connectivity index (χ4v) is 1.09. The summed E-state index contributed by atoms with van der Waals surface area (Å²) in [5.41, 5.74) is -0.505. The van der Waals surface area contributed by atoms with Gasteiger partial charge in [0.05, 0.1) is 4.92 Å². The van der Waals surface area contributed by atoms with Crippen molar-refractivity contribution in [2.75, 3.05) is 11.6 Å². The van der Waals surface area contributed by atoms with Crippen LogP contribution in [0.2, 0.25) is 0 Å². The van der Waals surface area contributed by atoms with Crippen molar-refractivity contribution in [3.8, 4) is 5.75 Å². The molecule has 0 aliphatic carbocycles. The summed E-state index contributed by atoms with van der Waals surface area (Å²) in [6.45, 7) is 1.83. The van der Waals surface area contributed by atoms with Crippen molar-refractivity contribution in [1.29, 1.82) is 0 Å². The molecule has 1 aromatic rings. The molecule has 0 saturated carbocycles. The van der Waals surface area contributed by atoms with E-state index in [1.807, 2.05) is 0 Å². The SMILES string of the molecule is CCN(O)c1cccc(O)c1[N+](=O)[O-]. The first-order valence-corrected chi connectivity index (χ1v) is 4.00. The van der Waals surface area contributed by atoms with E-state index in [1.165, 1.54) is 18.2 Å². The highest BCUT2D eigenvalue weighted by Gasteiger charge is 2.21. The summed E-state index contributed by atoms with van der Waals surface area (Å²) >= 11 is 0. The second kappa shape index (κ2) is 3.93. The Kier molecular flexibility index (Phi) is 2.88. The molecule has 0 saturated heterocycles. The number of aromatic hydroxyl groups is 1. The van der Waals surface area contributed by atoms with Gasteiger partial charge in [-0.05, 0) is 19.1 Å². The lowest BCUT2D eigenvalue weighted by Gasteiger charge is -2.14. The van der Waals surface area contributed by atoms with Gasteiger partial charge in [0.25, 0.3) is 0 Å². The van der Waals surface area contributed by atoms with E-state index in [9.17, 15) is 20.4 Å². The Morgan fingerprint density at radius 3 is 2.71 bits per heavy atom. The highest BCUT2D eigenvalue weighted by atomic mass is 16.6. The highest BCUT2D eigenvalue weighted by molar-refractivity contribution is 5.67. The number of nitro groups is 1. The summed E-state index contributed by atoms with van der Waals surface area (Å²) in [7, 11) is 0. The fraction of sp³-hybridized carbons (Fsp3) is 0.250. The summed E-state index contributed by atoms with van der Waals surface area (Å²) < 4.78 is 0. The maximum Gasteiger partial charge on any atom is 0.336 e. The lowest BCUT2D eigenvalue weighted by Crippen LogP contribution is -2.18. The standard InChI is InChI=1S/C8H10N2O4/c1-2-9(12)6-4-3-5-7(11)8(6)10(13)14/h3-5,11-12H,2H2,1H3. The first kappa shape index (κ1) is 10.3. The van der Waals surface area contributed by atoms with Gasteiger partial charge in [0.15, 0.2) is 5.75 Å². The van der Waals surface area contributed by atoms with Crippen LogP contribution in [0.3, 0.4) is 0 Å². The zero-order valence-corrected chi connectivity index (χ0v) is 7.54. The van der Waals surface area contributed by atoms with Crippen LogP contribution in [0.15, 0.2) is 18.2 Å². The lowest BCUT2D eigenvalue weighted by molar-refractivity contribution is -0.385. The Hall–Kier alpha value is -1.82. The van der Waals surface area contributed by atoms with Crippen LogP contribution in [0, 0.1) is 10.1 Å². The highest BCUT2D eigenvalue weighted by Crippen LogP contribution is 2.35. The van der Waals surface area contributed by atoms with Crippen LogP contribution >= 0.6 is 0 Å². The average Bonchev–Trinajstić information content (AvgIpc) is 2.15. The van der Waals surface area contributed by atoms with Gasteiger partial charge in [0.2, 0.25) is 0 Å². The summed E-state index contributed by atoms with van der Waals surface area (Å²) in [6.07, 6.45) is 0. The van der Waals surface area contributed by atoms with Crippen LogP contribution in [-0.4, -0.2) is 21.8 Å². The molecule has 14 heavy (non-hydrogen) atoms. The molecule has 0 bridgehead atoms. The van der Waals surface area contributed by atoms with Gasteiger partial charge in [0, 0.05) is 6.54 Å². The Bertz CT molecular complexity index is 353. The number of phenolic OH excluding ortho intramolecular Hbond substituents is 1. The minimum atomic E-state index is -0.733. The number of hydrogen-bond donors (Lipinski definition) is 2. The molecule has 1 rings (SSSR count). The number of hydrogen-bond acceptors (Lipinski definition) is 5. The molecule has 0 spiro atoms. The third-order valence-electron chi connectivity index (χ3n) is 1.75. The number of benzene rings is 1. The summed E-state index contributed by atoms with van der Waals surface area (Å²) in [4.78, 5) is 9.84. The second-order valence-electron chi connectivity index (χ2n) is 2.62. The van der Waals surface area contributed by atoms with Crippen LogP contribution in [0.4, 0.5) is 11.4 Å². The topological polar surface area (TPSA) is 86.8 Å². The first-order chi connectivity index (χ1) is 6.57. The first-order valence-electron chi connectivity index (χ1n) is 4.00. The predicted octanol–water partition coefficient (Wildman–Crippen LogP) is 1.52. The van der Waals surface area contributed by atoms with E-state index in [0.29, 0.717) is 5.06 Å². The summed E-state index contributed by atoms with van der Waals surface area (Å²) in [5, 5.41) is 29.8. The molecule has 0 radical (unpaired) electrons. The Labute approximate surface area is 80.1 Å². The van der Waals surface area contributed by atoms with Crippen molar-refractivity contribution in [3.05, 3.63) is 28.3 Å². The second-order valence-corrected chi connectivity index (χ2v) is 2.62. The molecule has 0 amide bonds. The third-order valence-corrected chi connectivity index (χ3v) is 1.75. The van der Waals surface area contributed by atoms with Crippen molar-refractivity contribution in [1.82, 2.24) is 0 Å². The van der Waals surface area contributed by atoms with E-state index in [1.54, 1.807) is 6.92 Å². The van der Waals surface area contributed by atoms with Crippen molar-refractivity contribution in [3.63, 3.8) is 0 Å². The van der Waals surface area contributed by atoms with Gasteiger partial charge in [-0.3, -0.25) is 20.4 Å². The van der Waals surface area contributed by atoms with E-state index < -0.39 is 16.4 Å². The van der Waals surface area contributed by atoms with Gasteiger partial charge in [-0.2, -0.15) is 0 Å². The van der Waals surface area contributed by atoms with E-state index in [2.05, 4.69) is 0 Å². The number of nitro benzene ring substituents is 1. The average molecular weight is 198 g/mol. The molecule has 0 heterocycles. The van der Waals surface area contributed by atoms with E-state index in [0.717, 1.165) is 0 Å². The van der Waals surface area contributed by atoms with Crippen LogP contribution in [0.25, 0.3) is 0 Å². The normalized spacial score (nSPS) is 9.86. The third kappa shape index (κ3) is 1.74. The molecule has 76 valence electrons. The Morgan fingerprint density at radius 2 is 2.21 bits per heavy atom. The molecule has 0 fully saturated rings. The number of anilines is 1. The monoisotopic (exact) mass is 198 g/mol. The van der Waals surface area contributed by atoms with E-state index in [4.69, 9.17) is 0 Å². The predicted molar refractivity (Wildman–Crippen MR) is 49.6 cm³/mol. The van der Waals surface area contributed by atoms with E-state index >= 15 is 0 Å². The molecular weight excluding hydrogens is 188 g/mol. The van der Waals surface area contributed by atoms with Crippen molar-refractivity contribution < 1.29 is 15.2 Å². The van der Waals surface area contributed by atoms with Crippen molar-refractivity contribution in [2.24, 2.45) is 0 Å². The quantitative estimate of drug-likeness (QED) is 0.567. The van der Waals surface area contributed by atoms with Crippen LogP contribution in [0.5, 0.6) is 5.75 Å². The minimum absolute atomic E-state index is 0.0162. The largest absolute Gasteiger partial charge is 0.502 e. The summed E-state index contributed by atoms with van der Waals surface area (Å²) in [6, 6.07) is 3.99. The van der Waals surface area contributed by atoms with Gasteiger partial charge < -0.3 is 5.11 Å². The molecule has 0 aliphatic rings. The molecule has 0 atom stereocenters. The molecule has 0 aromatic heterocycles. The molecule has 0 unspecified atom stereocenters. The number of phenols is 1. The van der Waals surface area contributed by atoms with Crippen LogP contribution in [-0.2, 0) is 0 Å². The fourth-order valence-electron chi connectivity index (χ4n) is 1.09. The van der Waals surface area contributed by atoms with Gasteiger partial charge in [-0.15, -0.1) is 0 Å². The van der Waals surface area contributed by atoms with Crippen LogP contribution in [0.1, 0.15) is 6.92 Å². The smallest absolute Gasteiger partial charge is 0.336 e. The molecular formula is C8H10N2O4. The number of hydroxylamine groups is 1. The summed E-state index contributed by atoms with van der Waals surface area (Å²) in [5.74, 6) is -0.458. The molecule has 1 aromatic carbocycles. The Morgan fingerprint density at radius 1 is 1.57 bits per heavy atom. The molecule has 6 heteroatoms. The Balaban J connectivity index is 3.28. The number of nitrogens with zero attached hydrogens (tertiary/aromatic N) is 2. The number of para-hydroxylation sites is 1. The van der Waals surface area contributed by atoms with Crippen molar-refractivity contribution >= 4 is 11.4 Å². The lowest BCUT2D eigenvalue weighted by atomic mass is 10.2. The van der Waals surface area contributed by atoms with Gasteiger partial charge in [-0.1, -0.05) is 6.07 Å². The van der Waals surface area contributed by atoms with Gasteiger partial charge in [-0.25, -0.2) is 0 Å². The van der Waals surface area contributed by atoms with Gasteiger partial charge >= 0.3 is 5.69 Å². The van der Waals surface area contributed by atoms with E-state index in [-0.39, 0.29) is 12.2 Å². The zero-order valence-electron chi connectivity index (χ0n) is 7.54. The molecule has 0 aliphatic heterocycles. The molecule has 6 nitrogen and oxygen atoms in total. The number of rotatable bonds is 3. The maximum atomic E-state index is 10.6. The molecule has 2 N–H and O–H groups in total. The minimum Gasteiger partial charge on any atom is -0.502 e. The van der Waals surface area contributed by atoms with Crippen molar-refractivity contribution in [2.45, 2.75) is 6.92 Å². The van der Waals surface area contributed by atoms with Gasteiger partial charge in [0.1, 0.15) is 5.69 Å².